The van der Waals surface area contributed by atoms with Crippen LogP contribution in [0.3, 0.4) is 0 Å². The van der Waals surface area contributed by atoms with Crippen LogP contribution in [0, 0.1) is 5.41 Å². The molecule has 0 aromatic heterocycles. The third kappa shape index (κ3) is 3.92. The molecule has 1 aliphatic heterocycles. The van der Waals surface area contributed by atoms with Gasteiger partial charge in [-0.15, -0.1) is 0 Å². The van der Waals surface area contributed by atoms with Crippen LogP contribution in [-0.2, 0) is 0 Å². The van der Waals surface area contributed by atoms with Crippen LogP contribution in [0.4, 0.5) is 11.4 Å². The summed E-state index contributed by atoms with van der Waals surface area (Å²) in [7, 11) is 0. The highest BCUT2D eigenvalue weighted by Gasteiger charge is 2.25. The van der Waals surface area contributed by atoms with Crippen LogP contribution >= 0.6 is 58.0 Å². The van der Waals surface area contributed by atoms with E-state index in [0.29, 0.717) is 43.3 Å². The second kappa shape index (κ2) is 8.71. The fraction of sp³-hybridized carbons (Fsp3) is 0. The fourth-order valence-corrected chi connectivity index (χ4v) is 4.78. The Morgan fingerprint density at radius 3 is 2.21 bits per heavy atom. The van der Waals surface area contributed by atoms with Crippen LogP contribution in [0.25, 0.3) is 28.1 Å². The summed E-state index contributed by atoms with van der Waals surface area (Å²) in [5.41, 5.74) is 4.13. The van der Waals surface area contributed by atoms with Crippen molar-refractivity contribution >= 4 is 80.4 Å². The maximum absolute atomic E-state index is 8.77. The molecule has 0 unspecified atom stereocenters. The lowest BCUT2D eigenvalue weighted by Crippen LogP contribution is -2.17. The number of halogens is 5. The fourth-order valence-electron chi connectivity index (χ4n) is 3.66. The van der Waals surface area contributed by atoms with Crippen molar-refractivity contribution in [2.24, 2.45) is 0 Å². The molecule has 164 valence electrons. The van der Waals surface area contributed by atoms with E-state index in [1.54, 1.807) is 30.3 Å². The van der Waals surface area contributed by atoms with E-state index in [0.717, 1.165) is 11.2 Å². The Bertz CT molecular complexity index is 1560. The maximum atomic E-state index is 8.77. The zero-order valence-electron chi connectivity index (χ0n) is 16.6. The summed E-state index contributed by atoms with van der Waals surface area (Å²) in [6.07, 6.45) is 0. The highest BCUT2D eigenvalue weighted by Crippen LogP contribution is 2.41. The monoisotopic (exact) mass is 532 g/mol. The third-order valence-electron chi connectivity index (χ3n) is 5.18. The zero-order valence-corrected chi connectivity index (χ0v) is 20.4. The molecule has 1 heterocycles. The van der Waals surface area contributed by atoms with E-state index in [1.165, 1.54) is 0 Å². The number of hydrogen-bond donors (Lipinski definition) is 2. The number of fused-ring (bicyclic) bond motifs is 2. The van der Waals surface area contributed by atoms with E-state index in [-0.39, 0.29) is 15.4 Å². The first-order chi connectivity index (χ1) is 15.8. The molecule has 0 spiro atoms. The van der Waals surface area contributed by atoms with Crippen molar-refractivity contribution in [2.75, 3.05) is 5.32 Å². The molecule has 5 rings (SSSR count). The molecule has 0 amide bonds. The SMILES string of the molecule is N=c1c(Cl)c2n(-c3ccc(Cl)cc3)c3ccccc3nc-2c(Cl)c1Nc1ccc(Cl)cc1Cl. The molecule has 0 radical (unpaired) electrons. The van der Waals surface area contributed by atoms with Gasteiger partial charge in [-0.1, -0.05) is 70.1 Å². The summed E-state index contributed by atoms with van der Waals surface area (Å²) in [4.78, 5) is 4.78. The molecule has 0 atom stereocenters. The van der Waals surface area contributed by atoms with Crippen molar-refractivity contribution in [3.05, 3.63) is 97.2 Å². The van der Waals surface area contributed by atoms with Crippen molar-refractivity contribution in [1.29, 1.82) is 5.41 Å². The van der Waals surface area contributed by atoms with Gasteiger partial charge in [0, 0.05) is 15.7 Å². The lowest BCUT2D eigenvalue weighted by atomic mass is 10.1. The molecule has 33 heavy (non-hydrogen) atoms. The Morgan fingerprint density at radius 1 is 0.788 bits per heavy atom. The Morgan fingerprint density at radius 2 is 1.48 bits per heavy atom. The summed E-state index contributed by atoms with van der Waals surface area (Å²) in [6, 6.07) is 20.0. The van der Waals surface area contributed by atoms with E-state index in [4.69, 9.17) is 68.4 Å². The minimum atomic E-state index is 0.0139. The Labute approximate surface area is 214 Å². The van der Waals surface area contributed by atoms with Gasteiger partial charge in [0.2, 0.25) is 0 Å². The van der Waals surface area contributed by atoms with Gasteiger partial charge >= 0.3 is 0 Å². The summed E-state index contributed by atoms with van der Waals surface area (Å²) in [5, 5.41) is 13.8. The van der Waals surface area contributed by atoms with E-state index < -0.39 is 0 Å². The van der Waals surface area contributed by atoms with Crippen LogP contribution < -0.4 is 10.7 Å². The van der Waals surface area contributed by atoms with E-state index in [9.17, 15) is 0 Å². The molecule has 2 N–H and O–H groups in total. The number of nitrogens with zero attached hydrogens (tertiary/aromatic N) is 2. The number of hydrogen-bond acceptors (Lipinski definition) is 3. The quantitative estimate of drug-likeness (QED) is 0.228. The van der Waals surface area contributed by atoms with Crippen molar-refractivity contribution in [2.45, 2.75) is 0 Å². The van der Waals surface area contributed by atoms with E-state index in [2.05, 4.69) is 5.32 Å². The largest absolute Gasteiger partial charge is 0.351 e. The normalized spacial score (nSPS) is 11.3. The minimum absolute atomic E-state index is 0.0139. The van der Waals surface area contributed by atoms with Gasteiger partial charge in [0.15, 0.2) is 0 Å². The molecule has 2 aliphatic rings. The maximum Gasteiger partial charge on any atom is 0.110 e. The second-order valence-corrected chi connectivity index (χ2v) is 9.27. The lowest BCUT2D eigenvalue weighted by molar-refractivity contribution is 1.07. The van der Waals surface area contributed by atoms with Crippen LogP contribution in [-0.4, -0.2) is 9.55 Å². The molecule has 0 fully saturated rings. The third-order valence-corrected chi connectivity index (χ3v) is 6.72. The van der Waals surface area contributed by atoms with Crippen LogP contribution in [0.15, 0.2) is 66.7 Å². The molecule has 3 aromatic rings. The molecule has 9 heteroatoms. The average molecular weight is 535 g/mol. The minimum Gasteiger partial charge on any atom is -0.351 e. The van der Waals surface area contributed by atoms with Gasteiger partial charge in [0.05, 0.1) is 48.5 Å². The summed E-state index contributed by atoms with van der Waals surface area (Å²) in [5.74, 6) is 0. The zero-order chi connectivity index (χ0) is 23.3. The average Bonchev–Trinajstić information content (AvgIpc) is 2.81. The van der Waals surface area contributed by atoms with Crippen LogP contribution in [0.1, 0.15) is 0 Å². The second-order valence-electron chi connectivity index (χ2n) is 7.24. The van der Waals surface area contributed by atoms with Gasteiger partial charge in [-0.2, -0.15) is 0 Å². The Kier molecular flexibility index (Phi) is 5.89. The number of rotatable bonds is 3. The molecule has 1 aliphatic carbocycles. The van der Waals surface area contributed by atoms with Crippen LogP contribution in [0.5, 0.6) is 0 Å². The van der Waals surface area contributed by atoms with Crippen molar-refractivity contribution in [3.63, 3.8) is 0 Å². The van der Waals surface area contributed by atoms with Crippen molar-refractivity contribution in [3.8, 4) is 17.1 Å². The Balaban J connectivity index is 1.84. The number of anilines is 2. The van der Waals surface area contributed by atoms with Crippen molar-refractivity contribution < 1.29 is 0 Å². The predicted octanol–water partition coefficient (Wildman–Crippen LogP) is 8.62. The summed E-state index contributed by atoms with van der Waals surface area (Å²) in [6.45, 7) is 0. The first kappa shape index (κ1) is 22.3. The number of nitrogens with one attached hydrogen (secondary N) is 2. The lowest BCUT2D eigenvalue weighted by Gasteiger charge is -2.23. The van der Waals surface area contributed by atoms with E-state index in [1.807, 2.05) is 41.0 Å². The highest BCUT2D eigenvalue weighted by molar-refractivity contribution is 6.40. The molecule has 4 nitrogen and oxygen atoms in total. The molecule has 0 saturated carbocycles. The molecular formula is C24H13Cl5N4. The van der Waals surface area contributed by atoms with Gasteiger partial charge in [0.1, 0.15) is 5.69 Å². The van der Waals surface area contributed by atoms with Gasteiger partial charge in [-0.3, -0.25) is 5.41 Å². The topological polar surface area (TPSA) is 53.7 Å². The van der Waals surface area contributed by atoms with Gasteiger partial charge < -0.3 is 9.88 Å². The highest BCUT2D eigenvalue weighted by atomic mass is 35.5. The van der Waals surface area contributed by atoms with Gasteiger partial charge in [-0.05, 0) is 54.6 Å². The van der Waals surface area contributed by atoms with E-state index >= 15 is 0 Å². The summed E-state index contributed by atoms with van der Waals surface area (Å²) < 4.78 is 1.93. The number of para-hydroxylation sites is 2. The molecule has 0 saturated heterocycles. The molecule has 3 aromatic carbocycles. The standard InChI is InChI=1S/C24H13Cl5N4/c25-12-5-8-14(9-6-12)33-18-4-2-1-3-17(18)32-23-20(29)22(21(30)19(28)24(23)33)31-16-10-7-13(26)11-15(16)27/h1-11,30-31H. The predicted molar refractivity (Wildman–Crippen MR) is 138 cm³/mol. The first-order valence-corrected chi connectivity index (χ1v) is 11.6. The smallest absolute Gasteiger partial charge is 0.110 e. The van der Waals surface area contributed by atoms with Gasteiger partial charge in [0.25, 0.3) is 0 Å². The number of benzene rings is 4. The van der Waals surface area contributed by atoms with Crippen molar-refractivity contribution in [1.82, 2.24) is 9.55 Å². The number of aromatic nitrogens is 2. The van der Waals surface area contributed by atoms with Crippen LogP contribution in [0.2, 0.25) is 25.1 Å². The first-order valence-electron chi connectivity index (χ1n) is 9.70. The summed E-state index contributed by atoms with van der Waals surface area (Å²) >= 11 is 32.1. The van der Waals surface area contributed by atoms with Gasteiger partial charge in [-0.25, -0.2) is 4.98 Å². The molecule has 0 bridgehead atoms. The Hall–Kier alpha value is -2.47. The molecular weight excluding hydrogens is 522 g/mol.